The van der Waals surface area contributed by atoms with Crippen molar-refractivity contribution in [2.45, 2.75) is 43.0 Å². The lowest BCUT2D eigenvalue weighted by Gasteiger charge is -2.12. The Hall–Kier alpha value is -2.78. The van der Waals surface area contributed by atoms with Crippen molar-refractivity contribution < 1.29 is 8.42 Å². The number of nitrogens with one attached hydrogen (secondary N) is 1. The van der Waals surface area contributed by atoms with E-state index in [1.165, 1.54) is 16.9 Å². The first-order valence-electron chi connectivity index (χ1n) is 9.59. The van der Waals surface area contributed by atoms with Crippen LogP contribution in [0.5, 0.6) is 0 Å². The first-order valence-corrected chi connectivity index (χ1v) is 11.1. The van der Waals surface area contributed by atoms with E-state index in [9.17, 15) is 13.2 Å². The van der Waals surface area contributed by atoms with Crippen molar-refractivity contribution in [3.63, 3.8) is 0 Å². The molecule has 8 nitrogen and oxygen atoms in total. The molecule has 3 heterocycles. The first-order chi connectivity index (χ1) is 13.9. The van der Waals surface area contributed by atoms with Gasteiger partial charge in [0.15, 0.2) is 5.82 Å². The van der Waals surface area contributed by atoms with Crippen LogP contribution >= 0.6 is 0 Å². The molecule has 0 atom stereocenters. The Morgan fingerprint density at radius 1 is 1.17 bits per heavy atom. The van der Waals surface area contributed by atoms with Gasteiger partial charge in [-0.3, -0.25) is 14.5 Å². The average Bonchev–Trinajstić information content (AvgIpc) is 3.30. The highest BCUT2D eigenvalue weighted by molar-refractivity contribution is 7.89. The van der Waals surface area contributed by atoms with Gasteiger partial charge in [-0.25, -0.2) is 18.1 Å². The second-order valence-corrected chi connectivity index (χ2v) is 9.05. The van der Waals surface area contributed by atoms with Crippen LogP contribution in [0.25, 0.3) is 5.82 Å². The van der Waals surface area contributed by atoms with E-state index in [0.717, 1.165) is 31.2 Å². The minimum Gasteiger partial charge on any atom is -0.287 e. The lowest BCUT2D eigenvalue weighted by atomic mass is 10.1. The largest absolute Gasteiger partial charge is 0.287 e. The van der Waals surface area contributed by atoms with Gasteiger partial charge in [-0.05, 0) is 36.6 Å². The fraction of sp³-hybridized carbons (Fsp3) is 0.350. The lowest BCUT2D eigenvalue weighted by Crippen LogP contribution is -2.32. The summed E-state index contributed by atoms with van der Waals surface area (Å²) in [5.74, 6) is 0.370. The van der Waals surface area contributed by atoms with Gasteiger partial charge in [-0.1, -0.05) is 18.9 Å². The molecule has 0 radical (unpaired) electrons. The Morgan fingerprint density at radius 3 is 2.62 bits per heavy atom. The predicted octanol–water partition coefficient (Wildman–Crippen LogP) is 1.78. The van der Waals surface area contributed by atoms with Gasteiger partial charge in [0.1, 0.15) is 4.90 Å². The van der Waals surface area contributed by atoms with Crippen molar-refractivity contribution in [3.05, 3.63) is 70.5 Å². The minimum atomic E-state index is -3.61. The first kappa shape index (κ1) is 19.5. The zero-order valence-electron chi connectivity index (χ0n) is 16.2. The third-order valence-corrected chi connectivity index (χ3v) is 6.67. The Bertz CT molecular complexity index is 1150. The van der Waals surface area contributed by atoms with Crippen molar-refractivity contribution in [2.24, 2.45) is 7.05 Å². The Kier molecular flexibility index (Phi) is 5.33. The molecular formula is C20H23N5O3S. The van der Waals surface area contributed by atoms with Gasteiger partial charge < -0.3 is 0 Å². The SMILES string of the molecule is Cn1cc(Cc2cccnc2)c(=O)n1-c1ccc(S(=O)(=O)NC2CCCC2)cn1. The standard InChI is InChI=1S/C20H23N5O3S/c1-24-14-16(11-15-5-4-10-21-12-15)20(26)25(24)19-9-8-18(13-22-19)29(27,28)23-17-6-2-3-7-17/h4-5,8-10,12-14,17,23H,2-3,6-7,11H2,1H3. The third kappa shape index (κ3) is 4.15. The van der Waals surface area contributed by atoms with Crippen molar-refractivity contribution in [1.29, 1.82) is 0 Å². The van der Waals surface area contributed by atoms with Crippen LogP contribution in [-0.4, -0.2) is 33.8 Å². The molecule has 29 heavy (non-hydrogen) atoms. The summed E-state index contributed by atoms with van der Waals surface area (Å²) in [4.78, 5) is 21.3. The summed E-state index contributed by atoms with van der Waals surface area (Å²) in [5, 5.41) is 0. The summed E-state index contributed by atoms with van der Waals surface area (Å²) in [6, 6.07) is 6.78. The molecule has 1 N–H and O–H groups in total. The molecule has 1 saturated carbocycles. The quantitative estimate of drug-likeness (QED) is 0.664. The number of hydrogen-bond acceptors (Lipinski definition) is 5. The van der Waals surface area contributed by atoms with E-state index in [1.54, 1.807) is 36.4 Å². The fourth-order valence-electron chi connectivity index (χ4n) is 3.72. The number of aromatic nitrogens is 4. The highest BCUT2D eigenvalue weighted by Crippen LogP contribution is 2.20. The Labute approximate surface area is 169 Å². The molecule has 1 aliphatic rings. The van der Waals surface area contributed by atoms with E-state index in [2.05, 4.69) is 14.7 Å². The van der Waals surface area contributed by atoms with E-state index in [-0.39, 0.29) is 16.5 Å². The predicted molar refractivity (Wildman–Crippen MR) is 108 cm³/mol. The van der Waals surface area contributed by atoms with Gasteiger partial charge in [0.05, 0.1) is 0 Å². The van der Waals surface area contributed by atoms with Crippen LogP contribution in [0.3, 0.4) is 0 Å². The summed E-state index contributed by atoms with van der Waals surface area (Å²) >= 11 is 0. The van der Waals surface area contributed by atoms with Crippen LogP contribution in [0.2, 0.25) is 0 Å². The molecule has 0 aromatic carbocycles. The molecule has 4 rings (SSSR count). The molecule has 152 valence electrons. The smallest absolute Gasteiger partial charge is 0.276 e. The number of nitrogens with zero attached hydrogens (tertiary/aromatic N) is 4. The molecule has 0 saturated heterocycles. The van der Waals surface area contributed by atoms with Crippen molar-refractivity contribution in [1.82, 2.24) is 24.1 Å². The van der Waals surface area contributed by atoms with E-state index in [4.69, 9.17) is 0 Å². The topological polar surface area (TPSA) is 98.9 Å². The summed E-state index contributed by atoms with van der Waals surface area (Å²) < 4.78 is 30.9. The molecular weight excluding hydrogens is 390 g/mol. The summed E-state index contributed by atoms with van der Waals surface area (Å²) in [6.45, 7) is 0. The maximum Gasteiger partial charge on any atom is 0.276 e. The zero-order chi connectivity index (χ0) is 20.4. The number of hydrogen-bond donors (Lipinski definition) is 1. The number of sulfonamides is 1. The second-order valence-electron chi connectivity index (χ2n) is 7.34. The van der Waals surface area contributed by atoms with Gasteiger partial charge in [-0.15, -0.1) is 0 Å². The molecule has 0 spiro atoms. The van der Waals surface area contributed by atoms with Gasteiger partial charge >= 0.3 is 0 Å². The van der Waals surface area contributed by atoms with Gasteiger partial charge in [-0.2, -0.15) is 4.68 Å². The molecule has 0 aliphatic heterocycles. The fourth-order valence-corrected chi connectivity index (χ4v) is 4.96. The van der Waals surface area contributed by atoms with Crippen LogP contribution in [0.15, 0.2) is 58.7 Å². The van der Waals surface area contributed by atoms with Crippen LogP contribution in [0.1, 0.15) is 36.8 Å². The second kappa shape index (κ2) is 7.92. The summed E-state index contributed by atoms with van der Waals surface area (Å²) in [6.07, 6.45) is 10.7. The van der Waals surface area contributed by atoms with E-state index in [1.807, 2.05) is 12.1 Å². The van der Waals surface area contributed by atoms with Crippen LogP contribution in [0, 0.1) is 0 Å². The Morgan fingerprint density at radius 2 is 1.97 bits per heavy atom. The minimum absolute atomic E-state index is 0.00907. The average molecular weight is 414 g/mol. The molecule has 0 amide bonds. The Balaban J connectivity index is 1.58. The maximum absolute atomic E-state index is 12.9. The van der Waals surface area contributed by atoms with E-state index in [0.29, 0.717) is 17.8 Å². The molecule has 0 bridgehead atoms. The zero-order valence-corrected chi connectivity index (χ0v) is 17.0. The van der Waals surface area contributed by atoms with Crippen LogP contribution < -0.4 is 10.3 Å². The maximum atomic E-state index is 12.9. The van der Waals surface area contributed by atoms with Crippen LogP contribution in [0.4, 0.5) is 0 Å². The number of aryl methyl sites for hydroxylation is 1. The van der Waals surface area contributed by atoms with E-state index >= 15 is 0 Å². The lowest BCUT2D eigenvalue weighted by molar-refractivity contribution is 0.551. The highest BCUT2D eigenvalue weighted by atomic mass is 32.2. The van der Waals surface area contributed by atoms with Gasteiger partial charge in [0.2, 0.25) is 10.0 Å². The molecule has 3 aromatic rings. The highest BCUT2D eigenvalue weighted by Gasteiger charge is 2.23. The number of rotatable bonds is 6. The van der Waals surface area contributed by atoms with Gasteiger partial charge in [0.25, 0.3) is 5.56 Å². The van der Waals surface area contributed by atoms with Gasteiger partial charge in [0, 0.05) is 49.9 Å². The molecule has 0 unspecified atom stereocenters. The van der Waals surface area contributed by atoms with Crippen molar-refractivity contribution in [2.75, 3.05) is 0 Å². The van der Waals surface area contributed by atoms with Crippen molar-refractivity contribution >= 4 is 10.0 Å². The monoisotopic (exact) mass is 413 g/mol. The summed E-state index contributed by atoms with van der Waals surface area (Å²) in [5.41, 5.74) is 1.36. The normalized spacial score (nSPS) is 15.1. The molecule has 1 fully saturated rings. The van der Waals surface area contributed by atoms with E-state index < -0.39 is 10.0 Å². The molecule has 3 aromatic heterocycles. The third-order valence-electron chi connectivity index (χ3n) is 5.17. The number of pyridine rings is 2. The molecule has 9 heteroatoms. The van der Waals surface area contributed by atoms with Crippen LogP contribution in [-0.2, 0) is 23.5 Å². The summed E-state index contributed by atoms with van der Waals surface area (Å²) in [7, 11) is -1.86. The van der Waals surface area contributed by atoms with Crippen molar-refractivity contribution in [3.8, 4) is 5.82 Å². The molecule has 1 aliphatic carbocycles.